The number of carbonyl (C=O) groups excluding carboxylic acids is 1. The summed E-state index contributed by atoms with van der Waals surface area (Å²) in [4.78, 5) is 20.9. The number of piperidine rings is 1. The van der Waals surface area contributed by atoms with Crippen LogP contribution in [0.25, 0.3) is 11.4 Å². The topological polar surface area (TPSA) is 120 Å². The molecule has 0 N–H and O–H groups in total. The van der Waals surface area contributed by atoms with Gasteiger partial charge in [-0.05, 0) is 32.3 Å². The van der Waals surface area contributed by atoms with Crippen molar-refractivity contribution in [2.45, 2.75) is 38.3 Å². The fourth-order valence-electron chi connectivity index (χ4n) is 3.61. The molecule has 2 aromatic heterocycles. The van der Waals surface area contributed by atoms with Gasteiger partial charge in [-0.1, -0.05) is 29.4 Å². The van der Waals surface area contributed by atoms with Gasteiger partial charge in [0.15, 0.2) is 11.6 Å². The molecule has 4 rings (SSSR count). The molecule has 0 amide bonds. The third-order valence-corrected chi connectivity index (χ3v) is 7.44. The first-order valence-electron chi connectivity index (χ1n) is 10.3. The lowest BCUT2D eigenvalue weighted by Crippen LogP contribution is -2.40. The van der Waals surface area contributed by atoms with Crippen LogP contribution in [0.15, 0.2) is 40.0 Å². The van der Waals surface area contributed by atoms with Gasteiger partial charge in [-0.15, -0.1) is 0 Å². The molecule has 0 atom stereocenters. The van der Waals surface area contributed by atoms with Crippen LogP contribution in [0.1, 0.15) is 30.1 Å². The monoisotopic (exact) mass is 459 g/mol. The highest BCUT2D eigenvalue weighted by molar-refractivity contribution is 7.89. The Bertz CT molecular complexity index is 1210. The zero-order chi connectivity index (χ0) is 22.9. The van der Waals surface area contributed by atoms with Gasteiger partial charge >= 0.3 is 5.97 Å². The van der Waals surface area contributed by atoms with Crippen molar-refractivity contribution >= 4 is 16.0 Å². The number of sulfonamides is 1. The molecular formula is C21H25N5O5S. The second kappa shape index (κ2) is 8.83. The van der Waals surface area contributed by atoms with Gasteiger partial charge in [-0.25, -0.2) is 13.4 Å². The van der Waals surface area contributed by atoms with Crippen molar-refractivity contribution in [3.8, 4) is 11.4 Å². The Morgan fingerprint density at radius 1 is 1.19 bits per heavy atom. The van der Waals surface area contributed by atoms with Gasteiger partial charge < -0.3 is 13.8 Å². The molecular weight excluding hydrogens is 434 g/mol. The van der Waals surface area contributed by atoms with Crippen molar-refractivity contribution < 1.29 is 22.5 Å². The van der Waals surface area contributed by atoms with E-state index in [9.17, 15) is 13.2 Å². The lowest BCUT2D eigenvalue weighted by molar-refractivity contribution is -0.152. The third-order valence-electron chi connectivity index (χ3n) is 5.67. The van der Waals surface area contributed by atoms with Gasteiger partial charge in [0.1, 0.15) is 5.82 Å². The maximum absolute atomic E-state index is 12.8. The summed E-state index contributed by atoms with van der Waals surface area (Å²) in [5.41, 5.74) is 1.87. The molecule has 0 unspecified atom stereocenters. The molecule has 0 spiro atoms. The zero-order valence-corrected chi connectivity index (χ0v) is 19.0. The first kappa shape index (κ1) is 22.2. The minimum absolute atomic E-state index is 0.0272. The Balaban J connectivity index is 1.31. The molecule has 0 aliphatic carbocycles. The quantitative estimate of drug-likeness (QED) is 0.515. The summed E-state index contributed by atoms with van der Waals surface area (Å²) < 4.78 is 39.2. The highest BCUT2D eigenvalue weighted by Gasteiger charge is 2.34. The molecule has 10 nitrogen and oxygen atoms in total. The fourth-order valence-corrected chi connectivity index (χ4v) is 5.11. The average Bonchev–Trinajstić information content (AvgIpc) is 3.39. The Kier molecular flexibility index (Phi) is 6.11. The Morgan fingerprint density at radius 3 is 2.56 bits per heavy atom. The summed E-state index contributed by atoms with van der Waals surface area (Å²) in [6.45, 7) is 4.04. The normalized spacial score (nSPS) is 15.7. The van der Waals surface area contributed by atoms with E-state index in [4.69, 9.17) is 9.26 Å². The van der Waals surface area contributed by atoms with Gasteiger partial charge in [-0.3, -0.25) is 4.79 Å². The van der Waals surface area contributed by atoms with Crippen LogP contribution >= 0.6 is 0 Å². The van der Waals surface area contributed by atoms with Crippen molar-refractivity contribution in [1.29, 1.82) is 0 Å². The molecule has 1 aliphatic rings. The molecule has 1 saturated heterocycles. The summed E-state index contributed by atoms with van der Waals surface area (Å²) in [5.74, 6) is 0.491. The van der Waals surface area contributed by atoms with Crippen molar-refractivity contribution in [2.75, 3.05) is 13.1 Å². The number of benzene rings is 1. The largest absolute Gasteiger partial charge is 0.455 e. The summed E-state index contributed by atoms with van der Waals surface area (Å²) in [6.07, 6.45) is 2.25. The highest BCUT2D eigenvalue weighted by Crippen LogP contribution is 2.25. The van der Waals surface area contributed by atoms with Gasteiger partial charge in [0, 0.05) is 31.9 Å². The van der Waals surface area contributed by atoms with Gasteiger partial charge in [0.2, 0.25) is 5.82 Å². The molecule has 1 aromatic carbocycles. The first-order chi connectivity index (χ1) is 15.3. The number of nitrogens with zero attached hydrogens (tertiary/aromatic N) is 5. The number of ether oxygens (including phenoxy) is 1. The number of carbonyl (C=O) groups is 1. The molecule has 11 heteroatoms. The Labute approximate surface area is 186 Å². The van der Waals surface area contributed by atoms with Crippen molar-refractivity contribution in [2.24, 2.45) is 13.0 Å². The number of aryl methyl sites for hydroxylation is 3. The van der Waals surface area contributed by atoms with Crippen LogP contribution in [-0.2, 0) is 33.2 Å². The number of hydrogen-bond acceptors (Lipinski definition) is 8. The van der Waals surface area contributed by atoms with E-state index in [2.05, 4.69) is 15.1 Å². The smallest absolute Gasteiger partial charge is 0.309 e. The molecule has 1 fully saturated rings. The molecule has 1 aliphatic heterocycles. The molecule has 3 heterocycles. The van der Waals surface area contributed by atoms with Crippen molar-refractivity contribution in [3.05, 3.63) is 47.7 Å². The lowest BCUT2D eigenvalue weighted by atomic mass is 9.98. The summed E-state index contributed by atoms with van der Waals surface area (Å²) >= 11 is 0. The second-order valence-electron chi connectivity index (χ2n) is 7.85. The van der Waals surface area contributed by atoms with E-state index in [0.29, 0.717) is 24.5 Å². The van der Waals surface area contributed by atoms with E-state index < -0.39 is 16.0 Å². The molecule has 3 aromatic rings. The minimum Gasteiger partial charge on any atom is -0.455 e. The van der Waals surface area contributed by atoms with E-state index in [1.54, 1.807) is 18.5 Å². The maximum Gasteiger partial charge on any atom is 0.309 e. The van der Waals surface area contributed by atoms with Gasteiger partial charge in [-0.2, -0.15) is 9.29 Å². The van der Waals surface area contributed by atoms with Crippen LogP contribution in [0.4, 0.5) is 0 Å². The number of imidazole rings is 1. The van der Waals surface area contributed by atoms with Crippen LogP contribution in [0.2, 0.25) is 0 Å². The molecule has 32 heavy (non-hydrogen) atoms. The summed E-state index contributed by atoms with van der Waals surface area (Å²) in [5, 5.41) is 3.98. The first-order valence-corrected chi connectivity index (χ1v) is 11.7. The predicted octanol–water partition coefficient (Wildman–Crippen LogP) is 2.23. The number of hydrogen-bond donors (Lipinski definition) is 0. The Hall–Kier alpha value is -3.05. The lowest BCUT2D eigenvalue weighted by Gasteiger charge is -2.29. The van der Waals surface area contributed by atoms with Crippen LogP contribution in [0, 0.1) is 19.8 Å². The number of rotatable bonds is 6. The highest BCUT2D eigenvalue weighted by atomic mass is 32.2. The van der Waals surface area contributed by atoms with E-state index in [1.807, 2.05) is 31.2 Å². The van der Waals surface area contributed by atoms with Crippen LogP contribution in [-0.4, -0.2) is 51.5 Å². The minimum atomic E-state index is -3.68. The summed E-state index contributed by atoms with van der Waals surface area (Å²) in [6, 6.07) is 7.66. The number of aromatic nitrogens is 4. The van der Waals surface area contributed by atoms with E-state index in [0.717, 1.165) is 11.1 Å². The van der Waals surface area contributed by atoms with Crippen molar-refractivity contribution in [1.82, 2.24) is 24.0 Å². The third kappa shape index (κ3) is 4.44. The van der Waals surface area contributed by atoms with E-state index >= 15 is 0 Å². The van der Waals surface area contributed by atoms with Gasteiger partial charge in [0.25, 0.3) is 15.9 Å². The fraction of sp³-hybridized carbons (Fsp3) is 0.429. The molecule has 0 radical (unpaired) electrons. The maximum atomic E-state index is 12.8. The molecule has 170 valence electrons. The zero-order valence-electron chi connectivity index (χ0n) is 18.2. The predicted molar refractivity (Wildman–Crippen MR) is 114 cm³/mol. The van der Waals surface area contributed by atoms with Crippen LogP contribution in [0.3, 0.4) is 0 Å². The van der Waals surface area contributed by atoms with Gasteiger partial charge in [0.05, 0.1) is 5.92 Å². The van der Waals surface area contributed by atoms with Crippen molar-refractivity contribution in [3.63, 3.8) is 0 Å². The molecule has 0 bridgehead atoms. The second-order valence-corrected chi connectivity index (χ2v) is 9.73. The van der Waals surface area contributed by atoms with E-state index in [1.165, 1.54) is 10.5 Å². The summed E-state index contributed by atoms with van der Waals surface area (Å²) in [7, 11) is -1.93. The van der Waals surface area contributed by atoms with E-state index in [-0.39, 0.29) is 36.5 Å². The number of esters is 1. The average molecular weight is 460 g/mol. The Morgan fingerprint density at radius 2 is 1.91 bits per heavy atom. The van der Waals surface area contributed by atoms with Crippen LogP contribution in [0.5, 0.6) is 0 Å². The van der Waals surface area contributed by atoms with Crippen LogP contribution < -0.4 is 0 Å². The standard InChI is InChI=1S/C21H25N5O5S/c1-14-6-4-5-7-17(14)20-23-18(31-24-20)13-30-21(27)16-8-10-26(11-9-16)32(28,29)19-12-25(3)15(2)22-19/h4-7,12,16H,8-11,13H2,1-3H3. The molecule has 0 saturated carbocycles. The SMILES string of the molecule is Cc1ccccc1-c1noc(COC(=O)C2CCN(S(=O)(=O)c3cn(C)c(C)n3)CC2)n1.